The third kappa shape index (κ3) is 3.59. The van der Waals surface area contributed by atoms with Gasteiger partial charge in [-0.1, -0.05) is 34.4 Å². The Hall–Kier alpha value is -1.30. The average molecular weight is 303 g/mol. The second kappa shape index (κ2) is 6.23. The Morgan fingerprint density at radius 1 is 1.47 bits per heavy atom. The molecule has 19 heavy (non-hydrogen) atoms. The van der Waals surface area contributed by atoms with Gasteiger partial charge in [0, 0.05) is 6.42 Å². The molecule has 2 rings (SSSR count). The Bertz CT molecular complexity index is 499. The number of ether oxygens (including phenoxy) is 1. The van der Waals surface area contributed by atoms with E-state index in [0.29, 0.717) is 34.5 Å². The minimum atomic E-state index is -0.749. The lowest BCUT2D eigenvalue weighted by atomic mass is 10.2. The van der Waals surface area contributed by atoms with Crippen molar-refractivity contribution in [2.24, 2.45) is 5.16 Å². The highest BCUT2D eigenvalue weighted by Crippen LogP contribution is 2.29. The van der Waals surface area contributed by atoms with E-state index in [0.717, 1.165) is 0 Å². The van der Waals surface area contributed by atoms with Crippen LogP contribution in [0.4, 0.5) is 10.5 Å². The van der Waals surface area contributed by atoms with Crippen LogP contribution in [0.2, 0.25) is 10.0 Å². The molecule has 102 valence electrons. The highest BCUT2D eigenvalue weighted by Gasteiger charge is 2.20. The van der Waals surface area contributed by atoms with E-state index in [1.54, 1.807) is 18.2 Å². The molecule has 1 aromatic carbocycles. The fourth-order valence-electron chi connectivity index (χ4n) is 1.60. The maximum atomic E-state index is 11.6. The average Bonchev–Trinajstić information content (AvgIpc) is 2.77. The number of hydrogen-bond donors (Lipinski definition) is 1. The maximum Gasteiger partial charge on any atom is 0.437 e. The Morgan fingerprint density at radius 2 is 2.16 bits per heavy atom. The van der Waals surface area contributed by atoms with Crippen molar-refractivity contribution in [3.8, 4) is 0 Å². The van der Waals surface area contributed by atoms with Crippen molar-refractivity contribution in [1.29, 1.82) is 0 Å². The normalized spacial score (nSPS) is 20.6. The van der Waals surface area contributed by atoms with Gasteiger partial charge in [-0.05, 0) is 19.1 Å². The van der Waals surface area contributed by atoms with Crippen LogP contribution in [-0.4, -0.2) is 24.5 Å². The molecule has 0 aromatic heterocycles. The number of carbonyl (C=O) groups excluding carboxylic acids is 1. The van der Waals surface area contributed by atoms with Crippen molar-refractivity contribution < 1.29 is 14.4 Å². The lowest BCUT2D eigenvalue weighted by Crippen LogP contribution is -2.15. The van der Waals surface area contributed by atoms with Gasteiger partial charge in [0.05, 0.1) is 34.2 Å². The SMILES string of the molecule is C[C@@H]1OCC/C1=N\OC(=O)Nc1c(Cl)cccc1Cl. The smallest absolute Gasteiger partial charge is 0.372 e. The van der Waals surface area contributed by atoms with E-state index in [1.165, 1.54) is 0 Å². The Balaban J connectivity index is 1.98. The van der Waals surface area contributed by atoms with Gasteiger partial charge in [-0.25, -0.2) is 4.79 Å². The number of carbonyl (C=O) groups is 1. The van der Waals surface area contributed by atoms with Gasteiger partial charge in [0.1, 0.15) is 0 Å². The number of amides is 1. The van der Waals surface area contributed by atoms with E-state index in [1.807, 2.05) is 6.92 Å². The molecule has 0 aliphatic carbocycles. The number of nitrogens with one attached hydrogen (secondary N) is 1. The summed E-state index contributed by atoms with van der Waals surface area (Å²) in [6.07, 6.45) is -0.223. The van der Waals surface area contributed by atoms with E-state index in [9.17, 15) is 4.79 Å². The van der Waals surface area contributed by atoms with Gasteiger partial charge >= 0.3 is 6.09 Å². The summed E-state index contributed by atoms with van der Waals surface area (Å²) in [5, 5.41) is 6.85. The molecule has 1 aromatic rings. The zero-order valence-corrected chi connectivity index (χ0v) is 11.7. The molecule has 1 saturated heterocycles. The first-order chi connectivity index (χ1) is 9.08. The number of anilines is 1. The van der Waals surface area contributed by atoms with Crippen LogP contribution in [0, 0.1) is 0 Å². The Kier molecular flexibility index (Phi) is 4.63. The van der Waals surface area contributed by atoms with Crippen LogP contribution in [0.15, 0.2) is 23.4 Å². The van der Waals surface area contributed by atoms with E-state index in [2.05, 4.69) is 10.5 Å². The number of halogens is 2. The number of para-hydroxylation sites is 1. The van der Waals surface area contributed by atoms with Crippen LogP contribution >= 0.6 is 23.2 Å². The first kappa shape index (κ1) is 14.1. The lowest BCUT2D eigenvalue weighted by Gasteiger charge is -2.07. The topological polar surface area (TPSA) is 59.9 Å². The second-order valence-corrected chi connectivity index (χ2v) is 4.76. The first-order valence-electron chi connectivity index (χ1n) is 5.68. The van der Waals surface area contributed by atoms with Crippen LogP contribution in [-0.2, 0) is 9.57 Å². The molecule has 1 fully saturated rings. The highest BCUT2D eigenvalue weighted by atomic mass is 35.5. The maximum absolute atomic E-state index is 11.6. The molecule has 1 N–H and O–H groups in total. The summed E-state index contributed by atoms with van der Waals surface area (Å²) in [6, 6.07) is 4.91. The van der Waals surface area contributed by atoms with Gasteiger partial charge < -0.3 is 4.74 Å². The monoisotopic (exact) mass is 302 g/mol. The molecular weight excluding hydrogens is 291 g/mol. The van der Waals surface area contributed by atoms with E-state index in [-0.39, 0.29) is 6.10 Å². The van der Waals surface area contributed by atoms with Crippen molar-refractivity contribution in [2.45, 2.75) is 19.4 Å². The molecule has 1 aliphatic rings. The molecule has 0 radical (unpaired) electrons. The summed E-state index contributed by atoms with van der Waals surface area (Å²) in [7, 11) is 0. The molecule has 1 amide bonds. The third-order valence-corrected chi connectivity index (χ3v) is 3.26. The quantitative estimate of drug-likeness (QED) is 0.669. The summed E-state index contributed by atoms with van der Waals surface area (Å²) in [5.74, 6) is 0. The third-order valence-electron chi connectivity index (χ3n) is 2.63. The summed E-state index contributed by atoms with van der Waals surface area (Å²) in [5.41, 5.74) is 0.993. The first-order valence-corrected chi connectivity index (χ1v) is 6.44. The molecule has 5 nitrogen and oxygen atoms in total. The Morgan fingerprint density at radius 3 is 2.74 bits per heavy atom. The molecule has 0 spiro atoms. The van der Waals surface area contributed by atoms with Gasteiger partial charge in [0.2, 0.25) is 0 Å². The van der Waals surface area contributed by atoms with Crippen molar-refractivity contribution in [2.75, 3.05) is 11.9 Å². The van der Waals surface area contributed by atoms with Gasteiger partial charge in [-0.3, -0.25) is 10.2 Å². The van der Waals surface area contributed by atoms with Crippen molar-refractivity contribution in [3.05, 3.63) is 28.2 Å². The van der Waals surface area contributed by atoms with Crippen LogP contribution in [0.1, 0.15) is 13.3 Å². The molecule has 0 unspecified atom stereocenters. The van der Waals surface area contributed by atoms with Gasteiger partial charge in [0.25, 0.3) is 0 Å². The van der Waals surface area contributed by atoms with Crippen LogP contribution in [0.25, 0.3) is 0 Å². The highest BCUT2D eigenvalue weighted by molar-refractivity contribution is 6.39. The number of nitrogens with zero attached hydrogens (tertiary/aromatic N) is 1. The zero-order chi connectivity index (χ0) is 13.8. The van der Waals surface area contributed by atoms with Gasteiger partial charge in [-0.2, -0.15) is 0 Å². The van der Waals surface area contributed by atoms with E-state index < -0.39 is 6.09 Å². The number of rotatable bonds is 2. The van der Waals surface area contributed by atoms with Gasteiger partial charge in [0.15, 0.2) is 0 Å². The zero-order valence-electron chi connectivity index (χ0n) is 10.2. The molecule has 1 atom stereocenters. The molecule has 1 aliphatic heterocycles. The fraction of sp³-hybridized carbons (Fsp3) is 0.333. The fourth-order valence-corrected chi connectivity index (χ4v) is 2.09. The van der Waals surface area contributed by atoms with Crippen LogP contribution in [0.3, 0.4) is 0 Å². The Labute approximate surface area is 120 Å². The minimum Gasteiger partial charge on any atom is -0.372 e. The van der Waals surface area contributed by atoms with E-state index >= 15 is 0 Å². The van der Waals surface area contributed by atoms with Crippen molar-refractivity contribution in [3.63, 3.8) is 0 Å². The molecule has 7 heteroatoms. The summed E-state index contributed by atoms with van der Waals surface area (Å²) in [6.45, 7) is 2.43. The van der Waals surface area contributed by atoms with Crippen LogP contribution in [0.5, 0.6) is 0 Å². The van der Waals surface area contributed by atoms with Crippen LogP contribution < -0.4 is 5.32 Å². The molecule has 0 bridgehead atoms. The predicted octanol–water partition coefficient (Wildman–Crippen LogP) is 3.71. The molecular formula is C12H12Cl2N2O3. The lowest BCUT2D eigenvalue weighted by molar-refractivity contribution is 0.141. The number of oxime groups is 1. The number of benzene rings is 1. The minimum absolute atomic E-state index is 0.128. The summed E-state index contributed by atoms with van der Waals surface area (Å²) in [4.78, 5) is 16.3. The number of hydrogen-bond acceptors (Lipinski definition) is 4. The summed E-state index contributed by atoms with van der Waals surface area (Å²) >= 11 is 11.8. The largest absolute Gasteiger partial charge is 0.437 e. The van der Waals surface area contributed by atoms with Crippen molar-refractivity contribution in [1.82, 2.24) is 0 Å². The van der Waals surface area contributed by atoms with Crippen molar-refractivity contribution >= 4 is 40.7 Å². The second-order valence-electron chi connectivity index (χ2n) is 3.95. The van der Waals surface area contributed by atoms with E-state index in [4.69, 9.17) is 32.8 Å². The predicted molar refractivity (Wildman–Crippen MR) is 74.0 cm³/mol. The molecule has 0 saturated carbocycles. The molecule has 1 heterocycles. The van der Waals surface area contributed by atoms with Gasteiger partial charge in [-0.15, -0.1) is 0 Å². The standard InChI is InChI=1S/C12H12Cl2N2O3/c1-7-10(5-6-18-7)16-19-12(17)15-11-8(13)3-2-4-9(11)14/h2-4,7H,5-6H2,1H3,(H,15,17)/b16-10+/t7-/m0/s1. The summed E-state index contributed by atoms with van der Waals surface area (Å²) < 4.78 is 5.27.